The molecule has 0 aliphatic heterocycles. The fraction of sp³-hybridized carbons (Fsp3) is 0.688. The number of rotatable bonds is 5. The van der Waals surface area contributed by atoms with Crippen LogP contribution in [0.2, 0.25) is 0 Å². The molecule has 1 amide bonds. The van der Waals surface area contributed by atoms with Crippen molar-refractivity contribution in [1.29, 1.82) is 0 Å². The highest BCUT2D eigenvalue weighted by Crippen LogP contribution is 2.17. The predicted molar refractivity (Wildman–Crippen MR) is 83.5 cm³/mol. The van der Waals surface area contributed by atoms with E-state index in [1.165, 1.54) is 0 Å². The number of carbonyl (C=O) groups excluding carboxylic acids is 1. The summed E-state index contributed by atoms with van der Waals surface area (Å²) in [5.41, 5.74) is 5.50. The van der Waals surface area contributed by atoms with Gasteiger partial charge >= 0.3 is 0 Å². The van der Waals surface area contributed by atoms with Crippen LogP contribution in [0.5, 0.6) is 0 Å². The van der Waals surface area contributed by atoms with Crippen molar-refractivity contribution in [2.75, 3.05) is 13.2 Å². The van der Waals surface area contributed by atoms with Crippen LogP contribution < -0.4 is 11.1 Å². The highest BCUT2D eigenvalue weighted by molar-refractivity contribution is 5.76. The molecule has 0 radical (unpaired) electrons. The summed E-state index contributed by atoms with van der Waals surface area (Å²) in [5.74, 6) is 0.660. The van der Waals surface area contributed by atoms with Crippen LogP contribution in [0.4, 0.5) is 0 Å². The van der Waals surface area contributed by atoms with Crippen molar-refractivity contribution >= 4 is 5.91 Å². The van der Waals surface area contributed by atoms with Crippen LogP contribution in [-0.4, -0.2) is 41.4 Å². The highest BCUT2D eigenvalue weighted by atomic mass is 16.3. The fourth-order valence-electron chi connectivity index (χ4n) is 2.46. The molecular formula is C16H28N2O3. The Bertz CT molecular complexity index is 369. The van der Waals surface area contributed by atoms with Crippen LogP contribution in [0.1, 0.15) is 32.6 Å². The molecule has 0 bridgehead atoms. The summed E-state index contributed by atoms with van der Waals surface area (Å²) >= 11 is 0. The van der Waals surface area contributed by atoms with Gasteiger partial charge in [-0.1, -0.05) is 31.2 Å². The Hall–Kier alpha value is -1.17. The lowest BCUT2D eigenvalue weighted by Gasteiger charge is -2.11. The molecular weight excluding hydrogens is 268 g/mol. The number of hydrogen-bond acceptors (Lipinski definition) is 4. The van der Waals surface area contributed by atoms with E-state index in [9.17, 15) is 4.79 Å². The number of carbonyl (C=O) groups is 1. The maximum atomic E-state index is 11.2. The zero-order valence-electron chi connectivity index (χ0n) is 12.7. The van der Waals surface area contributed by atoms with E-state index in [1.54, 1.807) is 0 Å². The molecule has 5 nitrogen and oxygen atoms in total. The van der Waals surface area contributed by atoms with Crippen LogP contribution >= 0.6 is 0 Å². The second-order valence-corrected chi connectivity index (χ2v) is 5.71. The van der Waals surface area contributed by atoms with Crippen LogP contribution in [0.25, 0.3) is 0 Å². The number of amides is 1. The van der Waals surface area contributed by atoms with Crippen LogP contribution in [-0.2, 0) is 4.79 Å². The van der Waals surface area contributed by atoms with E-state index >= 15 is 0 Å². The summed E-state index contributed by atoms with van der Waals surface area (Å²) in [7, 11) is 0. The first-order valence-corrected chi connectivity index (χ1v) is 7.72. The third-order valence-corrected chi connectivity index (χ3v) is 3.67. The molecule has 4 atom stereocenters. The molecule has 0 fully saturated rings. The monoisotopic (exact) mass is 296 g/mol. The minimum absolute atomic E-state index is 0.107. The van der Waals surface area contributed by atoms with Gasteiger partial charge in [0.25, 0.3) is 0 Å². The van der Waals surface area contributed by atoms with Gasteiger partial charge in [0.15, 0.2) is 0 Å². The van der Waals surface area contributed by atoms with Gasteiger partial charge in [0.2, 0.25) is 5.91 Å². The maximum Gasteiger partial charge on any atom is 0.220 e. The number of aliphatic hydroxyl groups is 2. The number of hydrogen-bond donors (Lipinski definition) is 4. The zero-order chi connectivity index (χ0) is 15.7. The van der Waals surface area contributed by atoms with Gasteiger partial charge in [0.1, 0.15) is 0 Å². The molecule has 0 saturated carbocycles. The zero-order valence-corrected chi connectivity index (χ0v) is 12.7. The molecule has 0 aromatic rings. The molecule has 2 rings (SSSR count). The Balaban J connectivity index is 0.000000235. The molecule has 0 spiro atoms. The molecule has 0 unspecified atom stereocenters. The quantitative estimate of drug-likeness (QED) is 0.562. The first-order valence-electron chi connectivity index (χ1n) is 7.72. The van der Waals surface area contributed by atoms with Gasteiger partial charge in [0.05, 0.1) is 0 Å². The first kappa shape index (κ1) is 17.9. The summed E-state index contributed by atoms with van der Waals surface area (Å²) in [6.07, 6.45) is 11.1. The molecule has 120 valence electrons. The highest BCUT2D eigenvalue weighted by Gasteiger charge is 2.19. The van der Waals surface area contributed by atoms with E-state index < -0.39 is 0 Å². The van der Waals surface area contributed by atoms with Gasteiger partial charge < -0.3 is 21.3 Å². The van der Waals surface area contributed by atoms with Crippen molar-refractivity contribution in [3.63, 3.8) is 0 Å². The van der Waals surface area contributed by atoms with Crippen molar-refractivity contribution in [3.8, 4) is 0 Å². The van der Waals surface area contributed by atoms with Gasteiger partial charge in [-0.3, -0.25) is 4.79 Å². The summed E-state index contributed by atoms with van der Waals surface area (Å²) < 4.78 is 0. The Morgan fingerprint density at radius 2 is 1.76 bits per heavy atom. The Labute approximate surface area is 126 Å². The molecule has 2 aliphatic carbocycles. The molecule has 21 heavy (non-hydrogen) atoms. The molecule has 0 saturated heterocycles. The fourth-order valence-corrected chi connectivity index (χ4v) is 2.46. The summed E-state index contributed by atoms with van der Waals surface area (Å²) in [6.45, 7) is 2.40. The lowest BCUT2D eigenvalue weighted by Crippen LogP contribution is -2.32. The molecule has 0 heterocycles. The van der Waals surface area contributed by atoms with Gasteiger partial charge in [-0.15, -0.1) is 0 Å². The van der Waals surface area contributed by atoms with E-state index in [0.29, 0.717) is 12.3 Å². The van der Waals surface area contributed by atoms with E-state index in [1.807, 2.05) is 31.2 Å². The second-order valence-electron chi connectivity index (χ2n) is 5.71. The third kappa shape index (κ3) is 6.89. The van der Waals surface area contributed by atoms with Crippen molar-refractivity contribution < 1.29 is 15.0 Å². The molecule has 5 heteroatoms. The van der Waals surface area contributed by atoms with E-state index in [-0.39, 0.29) is 37.1 Å². The van der Waals surface area contributed by atoms with Crippen molar-refractivity contribution in [2.45, 2.75) is 44.7 Å². The van der Waals surface area contributed by atoms with E-state index in [2.05, 4.69) is 5.32 Å². The predicted octanol–water partition coefficient (Wildman–Crippen LogP) is 0.722. The van der Waals surface area contributed by atoms with Gasteiger partial charge in [-0.2, -0.15) is 0 Å². The van der Waals surface area contributed by atoms with E-state index in [0.717, 1.165) is 19.3 Å². The lowest BCUT2D eigenvalue weighted by atomic mass is 10.1. The number of nitrogens with one attached hydrogen (secondary N) is 1. The Kier molecular flexibility index (Phi) is 8.27. The van der Waals surface area contributed by atoms with Crippen LogP contribution in [0, 0.1) is 11.8 Å². The summed E-state index contributed by atoms with van der Waals surface area (Å²) in [6, 6.07) is 0.323. The van der Waals surface area contributed by atoms with Crippen LogP contribution in [0.15, 0.2) is 24.3 Å². The standard InChI is InChI=1S/C10H17NO2.C6H11NO/c1-2-3-10(13)11-9-5-4-8(6-9)7-12;7-6-2-1-5(3-6)4-8/h4-5,8-9,12H,2-3,6-7H2,1H3,(H,11,13);1-2,5-6,8H,3-4,7H2/t8-,9+;5-,6+/m11/s1. The molecule has 5 N–H and O–H groups in total. The average Bonchev–Trinajstić information content (AvgIpc) is 3.08. The summed E-state index contributed by atoms with van der Waals surface area (Å²) in [4.78, 5) is 11.2. The molecule has 0 aromatic heterocycles. The molecule has 2 aliphatic rings. The Morgan fingerprint density at radius 3 is 2.19 bits per heavy atom. The van der Waals surface area contributed by atoms with Gasteiger partial charge in [-0.05, 0) is 19.3 Å². The lowest BCUT2D eigenvalue weighted by molar-refractivity contribution is -0.121. The third-order valence-electron chi connectivity index (χ3n) is 3.67. The van der Waals surface area contributed by atoms with Crippen molar-refractivity contribution in [2.24, 2.45) is 17.6 Å². The smallest absolute Gasteiger partial charge is 0.220 e. The van der Waals surface area contributed by atoms with Crippen molar-refractivity contribution in [3.05, 3.63) is 24.3 Å². The maximum absolute atomic E-state index is 11.2. The van der Waals surface area contributed by atoms with Gasteiger partial charge in [0, 0.05) is 43.6 Å². The average molecular weight is 296 g/mol. The normalized spacial score (nSPS) is 30.1. The SMILES string of the molecule is CCCC(=O)N[C@H]1C=C[C@@H](CO)C1.N[C@H]1C=C[C@@H](CO)C1. The Morgan fingerprint density at radius 1 is 1.14 bits per heavy atom. The van der Waals surface area contributed by atoms with Gasteiger partial charge in [-0.25, -0.2) is 0 Å². The first-order chi connectivity index (χ1) is 10.1. The molecule has 0 aromatic carbocycles. The van der Waals surface area contributed by atoms with Crippen LogP contribution in [0.3, 0.4) is 0 Å². The minimum Gasteiger partial charge on any atom is -0.396 e. The van der Waals surface area contributed by atoms with E-state index in [4.69, 9.17) is 15.9 Å². The van der Waals surface area contributed by atoms with Crippen molar-refractivity contribution in [1.82, 2.24) is 5.32 Å². The second kappa shape index (κ2) is 9.71. The minimum atomic E-state index is 0.107. The summed E-state index contributed by atoms with van der Waals surface area (Å²) in [5, 5.41) is 20.3. The number of aliphatic hydroxyl groups excluding tert-OH is 2. The largest absolute Gasteiger partial charge is 0.396 e. The number of nitrogens with two attached hydrogens (primary N) is 1. The topological polar surface area (TPSA) is 95.6 Å².